The van der Waals surface area contributed by atoms with E-state index in [-0.39, 0.29) is 0 Å². The highest BCUT2D eigenvalue weighted by Crippen LogP contribution is 2.11. The highest BCUT2D eigenvalue weighted by Gasteiger charge is 1.99. The van der Waals surface area contributed by atoms with Crippen LogP contribution in [0, 0.1) is 0 Å². The normalized spacial score (nSPS) is 10.0. The lowest BCUT2D eigenvalue weighted by Gasteiger charge is -1.98. The van der Waals surface area contributed by atoms with E-state index in [0.29, 0.717) is 13.1 Å². The van der Waals surface area contributed by atoms with Crippen molar-refractivity contribution in [3.8, 4) is 0 Å². The van der Waals surface area contributed by atoms with Gasteiger partial charge in [-0.3, -0.25) is 4.68 Å². The van der Waals surface area contributed by atoms with E-state index < -0.39 is 0 Å². The SMILES string of the molecule is [N-]=[N+]=NCCn1ncc2ccccc21. The molecule has 70 valence electrons. The first kappa shape index (κ1) is 8.59. The van der Waals surface area contributed by atoms with Gasteiger partial charge in [0.15, 0.2) is 0 Å². The molecular formula is C9H9N5. The number of fused-ring (bicyclic) bond motifs is 1. The molecule has 0 unspecified atom stereocenters. The van der Waals surface area contributed by atoms with E-state index in [1.165, 1.54) is 0 Å². The second kappa shape index (κ2) is 3.81. The highest BCUT2D eigenvalue weighted by atomic mass is 15.3. The molecule has 0 atom stereocenters. The zero-order chi connectivity index (χ0) is 9.80. The van der Waals surface area contributed by atoms with Crippen LogP contribution in [-0.4, -0.2) is 16.3 Å². The zero-order valence-electron chi connectivity index (χ0n) is 7.54. The number of hydrogen-bond acceptors (Lipinski definition) is 2. The maximum atomic E-state index is 8.14. The molecule has 14 heavy (non-hydrogen) atoms. The van der Waals surface area contributed by atoms with Crippen molar-refractivity contribution in [3.63, 3.8) is 0 Å². The average Bonchev–Trinajstić information content (AvgIpc) is 2.63. The van der Waals surface area contributed by atoms with Gasteiger partial charge in [-0.05, 0) is 11.6 Å². The fourth-order valence-electron chi connectivity index (χ4n) is 1.39. The summed E-state index contributed by atoms with van der Waals surface area (Å²) in [6, 6.07) is 7.95. The first-order valence-corrected chi connectivity index (χ1v) is 4.33. The molecule has 2 rings (SSSR count). The Hall–Kier alpha value is -2.00. The molecule has 0 radical (unpaired) electrons. The third-order valence-electron chi connectivity index (χ3n) is 2.03. The summed E-state index contributed by atoms with van der Waals surface area (Å²) in [6.45, 7) is 1.06. The molecule has 1 aromatic heterocycles. The Kier molecular flexibility index (Phi) is 2.34. The van der Waals surface area contributed by atoms with Crippen LogP contribution in [0.2, 0.25) is 0 Å². The summed E-state index contributed by atoms with van der Waals surface area (Å²) >= 11 is 0. The summed E-state index contributed by atoms with van der Waals surface area (Å²) in [5.74, 6) is 0. The third kappa shape index (κ3) is 1.53. The van der Waals surface area contributed by atoms with Crippen LogP contribution in [0.1, 0.15) is 0 Å². The summed E-state index contributed by atoms with van der Waals surface area (Å²) in [5, 5.41) is 8.78. The van der Waals surface area contributed by atoms with Crippen LogP contribution in [0.5, 0.6) is 0 Å². The average molecular weight is 187 g/mol. The lowest BCUT2D eigenvalue weighted by atomic mass is 10.3. The molecule has 0 aliphatic heterocycles. The van der Waals surface area contributed by atoms with E-state index in [0.717, 1.165) is 10.9 Å². The van der Waals surface area contributed by atoms with Crippen LogP contribution in [-0.2, 0) is 6.54 Å². The van der Waals surface area contributed by atoms with Gasteiger partial charge in [0.25, 0.3) is 0 Å². The molecule has 1 aromatic carbocycles. The Morgan fingerprint density at radius 3 is 3.14 bits per heavy atom. The molecule has 5 heteroatoms. The lowest BCUT2D eigenvalue weighted by molar-refractivity contribution is 0.644. The molecule has 0 bridgehead atoms. The number of benzene rings is 1. The molecule has 2 aromatic rings. The first-order valence-electron chi connectivity index (χ1n) is 4.33. The topological polar surface area (TPSA) is 66.6 Å². The van der Waals surface area contributed by atoms with E-state index >= 15 is 0 Å². The summed E-state index contributed by atoms with van der Waals surface area (Å²) in [5.41, 5.74) is 9.21. The van der Waals surface area contributed by atoms with Crippen molar-refractivity contribution in [1.82, 2.24) is 9.78 Å². The van der Waals surface area contributed by atoms with Gasteiger partial charge >= 0.3 is 0 Å². The van der Waals surface area contributed by atoms with Gasteiger partial charge in [-0.2, -0.15) is 5.10 Å². The minimum atomic E-state index is 0.433. The fraction of sp³-hybridized carbons (Fsp3) is 0.222. The van der Waals surface area contributed by atoms with Crippen LogP contribution in [0.4, 0.5) is 0 Å². The third-order valence-corrected chi connectivity index (χ3v) is 2.03. The van der Waals surface area contributed by atoms with Crippen molar-refractivity contribution in [2.45, 2.75) is 6.54 Å². The van der Waals surface area contributed by atoms with Crippen molar-refractivity contribution >= 4 is 10.9 Å². The van der Waals surface area contributed by atoms with E-state index in [9.17, 15) is 0 Å². The predicted molar refractivity (Wildman–Crippen MR) is 53.7 cm³/mol. The van der Waals surface area contributed by atoms with Gasteiger partial charge in [0.2, 0.25) is 0 Å². The predicted octanol–water partition coefficient (Wildman–Crippen LogP) is 2.35. The number of para-hydroxylation sites is 1. The number of hydrogen-bond donors (Lipinski definition) is 0. The van der Waals surface area contributed by atoms with Crippen molar-refractivity contribution in [3.05, 3.63) is 40.9 Å². The molecule has 0 spiro atoms. The van der Waals surface area contributed by atoms with Gasteiger partial charge < -0.3 is 0 Å². The molecule has 0 saturated heterocycles. The molecule has 5 nitrogen and oxygen atoms in total. The van der Waals surface area contributed by atoms with Crippen LogP contribution in [0.3, 0.4) is 0 Å². The lowest BCUT2D eigenvalue weighted by Crippen LogP contribution is -2.01. The Balaban J connectivity index is 2.29. The van der Waals surface area contributed by atoms with E-state index in [4.69, 9.17) is 5.53 Å². The van der Waals surface area contributed by atoms with Crippen LogP contribution >= 0.6 is 0 Å². The fourth-order valence-corrected chi connectivity index (χ4v) is 1.39. The maximum Gasteiger partial charge on any atom is 0.0682 e. The maximum absolute atomic E-state index is 8.14. The molecule has 0 N–H and O–H groups in total. The van der Waals surface area contributed by atoms with Crippen molar-refractivity contribution in [2.75, 3.05) is 6.54 Å². The smallest absolute Gasteiger partial charge is 0.0682 e. The van der Waals surface area contributed by atoms with Gasteiger partial charge in [-0.1, -0.05) is 23.3 Å². The standard InChI is InChI=1S/C9H9N5/c10-13-11-5-6-14-9-4-2-1-3-8(9)7-12-14/h1-4,7H,5-6H2. The Morgan fingerprint density at radius 1 is 1.43 bits per heavy atom. The quantitative estimate of drug-likeness (QED) is 0.413. The van der Waals surface area contributed by atoms with E-state index in [1.807, 2.05) is 35.1 Å². The van der Waals surface area contributed by atoms with E-state index in [2.05, 4.69) is 15.1 Å². The molecule has 1 heterocycles. The molecule has 0 saturated carbocycles. The molecular weight excluding hydrogens is 178 g/mol. The van der Waals surface area contributed by atoms with Crippen LogP contribution in [0.15, 0.2) is 35.6 Å². The van der Waals surface area contributed by atoms with Crippen LogP contribution < -0.4 is 0 Å². The van der Waals surface area contributed by atoms with Crippen LogP contribution in [0.25, 0.3) is 21.3 Å². The van der Waals surface area contributed by atoms with Gasteiger partial charge in [0.1, 0.15) is 0 Å². The van der Waals surface area contributed by atoms with Crippen molar-refractivity contribution in [1.29, 1.82) is 0 Å². The minimum Gasteiger partial charge on any atom is -0.265 e. The molecule has 0 amide bonds. The Labute approximate surface area is 80.6 Å². The van der Waals surface area contributed by atoms with Gasteiger partial charge in [-0.15, -0.1) is 0 Å². The monoisotopic (exact) mass is 187 g/mol. The molecule has 0 aliphatic carbocycles. The number of azide groups is 1. The number of nitrogens with zero attached hydrogens (tertiary/aromatic N) is 5. The van der Waals surface area contributed by atoms with Crippen molar-refractivity contribution in [2.24, 2.45) is 5.11 Å². The number of rotatable bonds is 3. The largest absolute Gasteiger partial charge is 0.265 e. The molecule has 0 aliphatic rings. The summed E-state index contributed by atoms with van der Waals surface area (Å²) in [6.07, 6.45) is 1.81. The molecule has 0 fully saturated rings. The second-order valence-electron chi connectivity index (χ2n) is 2.88. The van der Waals surface area contributed by atoms with Gasteiger partial charge in [0.05, 0.1) is 11.7 Å². The summed E-state index contributed by atoms with van der Waals surface area (Å²) < 4.78 is 1.84. The second-order valence-corrected chi connectivity index (χ2v) is 2.88. The van der Waals surface area contributed by atoms with E-state index in [1.54, 1.807) is 0 Å². The summed E-state index contributed by atoms with van der Waals surface area (Å²) in [7, 11) is 0. The van der Waals surface area contributed by atoms with Crippen molar-refractivity contribution < 1.29 is 0 Å². The zero-order valence-corrected chi connectivity index (χ0v) is 7.54. The van der Waals surface area contributed by atoms with Gasteiger partial charge in [0, 0.05) is 23.4 Å². The highest BCUT2D eigenvalue weighted by molar-refractivity contribution is 5.78. The Morgan fingerprint density at radius 2 is 2.29 bits per heavy atom. The Bertz CT molecular complexity index is 481. The summed E-state index contributed by atoms with van der Waals surface area (Å²) in [4.78, 5) is 2.70. The van der Waals surface area contributed by atoms with Gasteiger partial charge in [-0.25, -0.2) is 0 Å². The number of aromatic nitrogens is 2. The first-order chi connectivity index (χ1) is 6.92. The minimum absolute atomic E-state index is 0.433.